The van der Waals surface area contributed by atoms with Gasteiger partial charge in [0.25, 0.3) is 0 Å². The smallest absolute Gasteiger partial charge is 0.0952 e. The van der Waals surface area contributed by atoms with Gasteiger partial charge in [-0.05, 0) is 73.2 Å². The summed E-state index contributed by atoms with van der Waals surface area (Å²) < 4.78 is 0. The van der Waals surface area contributed by atoms with E-state index in [4.69, 9.17) is 0 Å². The topological polar surface area (TPSA) is 0 Å². The average molecular weight is 441 g/mol. The van der Waals surface area contributed by atoms with Gasteiger partial charge in [0.2, 0.25) is 0 Å². The predicted octanol–water partition coefficient (Wildman–Crippen LogP) is 9.26. The molecule has 0 aromatic rings. The molecule has 0 N–H and O–H groups in total. The average Bonchev–Trinajstić information content (AvgIpc) is 3.22. The van der Waals surface area contributed by atoms with Crippen LogP contribution < -0.4 is 0 Å². The van der Waals surface area contributed by atoms with Gasteiger partial charge in [-0.1, -0.05) is 119 Å². The zero-order valence-corrected chi connectivity index (χ0v) is 21.7. The van der Waals surface area contributed by atoms with Gasteiger partial charge in [-0.15, -0.1) is 0 Å². The standard InChI is InChI=1S/C32H45B/c1-7-27(22-29-24-32(29,5)33-6)21-28(23-31(4)19-15-16-20-31)30-25(2)17-13-11-9-8-10-12-14-18-26(30)3/h7,9-14,17-18,22,28,30,33H,2-3,8,15-16,19-21,23-24H2,1,4-6H3/b11-9-,12-10-,17-13-,18-14-,27-7-,29-22-. The highest BCUT2D eigenvalue weighted by atomic mass is 14.4. The van der Waals surface area contributed by atoms with Crippen LogP contribution in [0.15, 0.2) is 96.2 Å². The lowest BCUT2D eigenvalue weighted by molar-refractivity contribution is 0.222. The molecule has 2 atom stereocenters. The van der Waals surface area contributed by atoms with Crippen molar-refractivity contribution in [1.82, 2.24) is 0 Å². The van der Waals surface area contributed by atoms with Crippen molar-refractivity contribution < 1.29 is 0 Å². The van der Waals surface area contributed by atoms with Crippen LogP contribution in [0.5, 0.6) is 0 Å². The Hall–Kier alpha value is -2.02. The Balaban J connectivity index is 1.93. The molecule has 3 rings (SSSR count). The molecule has 176 valence electrons. The molecule has 2 fully saturated rings. The van der Waals surface area contributed by atoms with Gasteiger partial charge in [0.05, 0.1) is 0 Å². The van der Waals surface area contributed by atoms with Crippen LogP contribution in [-0.2, 0) is 0 Å². The zero-order chi connectivity index (χ0) is 23.9. The molecular weight excluding hydrogens is 395 g/mol. The van der Waals surface area contributed by atoms with Crippen LogP contribution in [0.2, 0.25) is 12.1 Å². The third-order valence-electron chi connectivity index (χ3n) is 8.46. The number of rotatable bonds is 7. The van der Waals surface area contributed by atoms with Crippen LogP contribution in [0.1, 0.15) is 72.1 Å². The van der Waals surface area contributed by atoms with E-state index in [0.717, 1.165) is 12.8 Å². The maximum atomic E-state index is 4.57. The Morgan fingerprint density at radius 3 is 2.18 bits per heavy atom. The van der Waals surface area contributed by atoms with Gasteiger partial charge in [0, 0.05) is 5.92 Å². The fraction of sp³-hybridized carbons (Fsp3) is 0.500. The van der Waals surface area contributed by atoms with Crippen LogP contribution in [0.3, 0.4) is 0 Å². The minimum Gasteiger partial charge on any atom is -0.0952 e. The largest absolute Gasteiger partial charge is 0.130 e. The molecule has 1 heteroatoms. The second-order valence-corrected chi connectivity index (χ2v) is 11.2. The van der Waals surface area contributed by atoms with Gasteiger partial charge in [0.15, 0.2) is 0 Å². The molecule has 0 nitrogen and oxygen atoms in total. The van der Waals surface area contributed by atoms with E-state index < -0.39 is 0 Å². The highest BCUT2D eigenvalue weighted by molar-refractivity contribution is 6.41. The lowest BCUT2D eigenvalue weighted by atomic mass is 9.64. The minimum absolute atomic E-state index is 0.265. The maximum Gasteiger partial charge on any atom is 0.130 e. The molecule has 0 radical (unpaired) electrons. The van der Waals surface area contributed by atoms with E-state index in [-0.39, 0.29) is 5.92 Å². The maximum absolute atomic E-state index is 4.57. The molecule has 0 aliphatic heterocycles. The monoisotopic (exact) mass is 440 g/mol. The Morgan fingerprint density at radius 1 is 1.06 bits per heavy atom. The van der Waals surface area contributed by atoms with Crippen molar-refractivity contribution in [2.24, 2.45) is 17.3 Å². The molecule has 0 aromatic carbocycles. The van der Waals surface area contributed by atoms with E-state index in [1.54, 1.807) is 5.57 Å². The van der Waals surface area contributed by atoms with Gasteiger partial charge in [0.1, 0.15) is 7.28 Å². The van der Waals surface area contributed by atoms with Gasteiger partial charge >= 0.3 is 0 Å². The van der Waals surface area contributed by atoms with Crippen molar-refractivity contribution in [3.05, 3.63) is 96.2 Å². The minimum atomic E-state index is 0.265. The van der Waals surface area contributed by atoms with Crippen molar-refractivity contribution in [1.29, 1.82) is 0 Å². The Morgan fingerprint density at radius 2 is 1.67 bits per heavy atom. The second kappa shape index (κ2) is 11.4. The molecule has 3 aliphatic carbocycles. The summed E-state index contributed by atoms with van der Waals surface area (Å²) in [7, 11) is 1.24. The first kappa shape index (κ1) is 25.6. The quantitative estimate of drug-likeness (QED) is 0.346. The Labute approximate surface area is 205 Å². The van der Waals surface area contributed by atoms with Crippen molar-refractivity contribution in [2.45, 2.75) is 84.3 Å². The zero-order valence-electron chi connectivity index (χ0n) is 21.7. The number of hydrogen-bond donors (Lipinski definition) is 0. The van der Waals surface area contributed by atoms with E-state index in [1.165, 1.54) is 62.5 Å². The van der Waals surface area contributed by atoms with E-state index >= 15 is 0 Å². The van der Waals surface area contributed by atoms with Crippen molar-refractivity contribution in [3.8, 4) is 0 Å². The van der Waals surface area contributed by atoms with Gasteiger partial charge < -0.3 is 0 Å². The first-order valence-electron chi connectivity index (χ1n) is 13.2. The SMILES string of the molecule is C=C1/C=C\C=C/C/C=C\C=C/C(=C)C1C(CC(=C/C)/C=C1/CC1(C)BC)CC1(C)CCCC1. The molecule has 0 spiro atoms. The molecule has 0 bridgehead atoms. The highest BCUT2D eigenvalue weighted by Gasteiger charge is 2.42. The fourth-order valence-corrected chi connectivity index (χ4v) is 5.92. The Kier molecular flexibility index (Phi) is 8.85. The van der Waals surface area contributed by atoms with Crippen LogP contribution in [0, 0.1) is 17.3 Å². The summed E-state index contributed by atoms with van der Waals surface area (Å²) in [4.78, 5) is 0. The van der Waals surface area contributed by atoms with E-state index in [2.05, 4.69) is 102 Å². The lowest BCUT2D eigenvalue weighted by Crippen LogP contribution is -2.25. The van der Waals surface area contributed by atoms with E-state index in [0.29, 0.717) is 16.6 Å². The van der Waals surface area contributed by atoms with Crippen molar-refractivity contribution in [3.63, 3.8) is 0 Å². The molecule has 0 amide bonds. The second-order valence-electron chi connectivity index (χ2n) is 11.2. The molecule has 0 heterocycles. The third kappa shape index (κ3) is 6.98. The Bertz CT molecular complexity index is 863. The van der Waals surface area contributed by atoms with Gasteiger partial charge in [-0.2, -0.15) is 0 Å². The summed E-state index contributed by atoms with van der Waals surface area (Å²) >= 11 is 0. The summed E-state index contributed by atoms with van der Waals surface area (Å²) in [5.41, 5.74) is 5.95. The third-order valence-corrected chi connectivity index (χ3v) is 8.46. The van der Waals surface area contributed by atoms with Crippen molar-refractivity contribution >= 4 is 7.28 Å². The molecular formula is C32H45B. The molecule has 2 unspecified atom stereocenters. The van der Waals surface area contributed by atoms with Crippen LogP contribution >= 0.6 is 0 Å². The first-order chi connectivity index (χ1) is 15.8. The first-order valence-corrected chi connectivity index (χ1v) is 13.2. The van der Waals surface area contributed by atoms with Crippen molar-refractivity contribution in [2.75, 3.05) is 0 Å². The number of allylic oxidation sites excluding steroid dienone is 14. The molecule has 0 aromatic heterocycles. The summed E-state index contributed by atoms with van der Waals surface area (Å²) in [6.45, 7) is 18.6. The number of hydrogen-bond acceptors (Lipinski definition) is 0. The van der Waals surface area contributed by atoms with Crippen LogP contribution in [0.25, 0.3) is 0 Å². The highest BCUT2D eigenvalue weighted by Crippen LogP contribution is 2.59. The fourth-order valence-electron chi connectivity index (χ4n) is 5.92. The molecule has 2 saturated carbocycles. The summed E-state index contributed by atoms with van der Waals surface area (Å²) in [5, 5.41) is 0.436. The molecule has 0 saturated heterocycles. The van der Waals surface area contributed by atoms with Crippen LogP contribution in [0.4, 0.5) is 0 Å². The van der Waals surface area contributed by atoms with Crippen LogP contribution in [-0.4, -0.2) is 7.28 Å². The normalized spacial score (nSPS) is 32.0. The molecule has 3 aliphatic rings. The predicted molar refractivity (Wildman–Crippen MR) is 150 cm³/mol. The van der Waals surface area contributed by atoms with E-state index in [9.17, 15) is 0 Å². The molecule has 33 heavy (non-hydrogen) atoms. The summed E-state index contributed by atoms with van der Waals surface area (Å²) in [5.74, 6) is 0.772. The van der Waals surface area contributed by atoms with Gasteiger partial charge in [-0.25, -0.2) is 0 Å². The van der Waals surface area contributed by atoms with E-state index in [1.807, 2.05) is 0 Å². The summed E-state index contributed by atoms with van der Waals surface area (Å²) in [6.07, 6.45) is 32.3. The van der Waals surface area contributed by atoms with Gasteiger partial charge in [-0.3, -0.25) is 0 Å². The summed E-state index contributed by atoms with van der Waals surface area (Å²) in [6, 6.07) is 0. The lowest BCUT2D eigenvalue weighted by Gasteiger charge is -2.36.